The van der Waals surface area contributed by atoms with E-state index in [1.54, 1.807) is 0 Å². The van der Waals surface area contributed by atoms with Gasteiger partial charge in [0, 0.05) is 43.0 Å². The summed E-state index contributed by atoms with van der Waals surface area (Å²) in [5.41, 5.74) is 2.38. The van der Waals surface area contributed by atoms with Gasteiger partial charge in [0.05, 0.1) is 17.8 Å². The Hall–Kier alpha value is -1.79. The number of fused-ring (bicyclic) bond motifs is 1. The summed E-state index contributed by atoms with van der Waals surface area (Å²) in [7, 11) is 0. The van der Waals surface area contributed by atoms with Crippen LogP contribution in [-0.2, 0) is 11.3 Å². The first kappa shape index (κ1) is 16.4. The lowest BCUT2D eigenvalue weighted by molar-refractivity contribution is 0.0953. The number of aliphatic imine (C=N–C) groups is 1. The van der Waals surface area contributed by atoms with Crippen LogP contribution in [0.3, 0.4) is 0 Å². The predicted molar refractivity (Wildman–Crippen MR) is 104 cm³/mol. The normalized spacial score (nSPS) is 30.7. The molecule has 3 aliphatic heterocycles. The molecule has 0 N–H and O–H groups in total. The van der Waals surface area contributed by atoms with Crippen LogP contribution in [0, 0.1) is 0 Å². The fourth-order valence-electron chi connectivity index (χ4n) is 4.31. The summed E-state index contributed by atoms with van der Waals surface area (Å²) in [5.74, 6) is 0. The largest absolute Gasteiger partial charge is 0.376 e. The van der Waals surface area contributed by atoms with Gasteiger partial charge in [0.15, 0.2) is 5.17 Å². The molecule has 0 bridgehead atoms. The number of amidine groups is 1. The van der Waals surface area contributed by atoms with E-state index < -0.39 is 0 Å². The highest BCUT2D eigenvalue weighted by atomic mass is 32.2. The number of aromatic nitrogens is 2. The highest BCUT2D eigenvalue weighted by Gasteiger charge is 2.44. The number of rotatable bonds is 4. The Morgan fingerprint density at radius 2 is 2.23 bits per heavy atom. The van der Waals surface area contributed by atoms with E-state index in [9.17, 15) is 0 Å². The van der Waals surface area contributed by atoms with Crippen LogP contribution in [0.5, 0.6) is 0 Å². The Balaban J connectivity index is 1.50. The average molecular weight is 369 g/mol. The summed E-state index contributed by atoms with van der Waals surface area (Å²) in [5, 5.41) is 1.76. The number of nitrogens with zero attached hydrogens (tertiary/aromatic N) is 4. The van der Waals surface area contributed by atoms with Gasteiger partial charge in [-0.2, -0.15) is 0 Å². The van der Waals surface area contributed by atoms with Crippen molar-refractivity contribution in [2.24, 2.45) is 4.99 Å². The second-order valence-electron chi connectivity index (χ2n) is 7.36. The fraction of sp³-hybridized carbons (Fsp3) is 0.500. The monoisotopic (exact) mass is 368 g/mol. The minimum Gasteiger partial charge on any atom is -0.376 e. The zero-order valence-electron chi connectivity index (χ0n) is 15.0. The molecule has 2 aromatic heterocycles. The minimum atomic E-state index is 0.0596. The lowest BCUT2D eigenvalue weighted by atomic mass is 10.0. The van der Waals surface area contributed by atoms with Crippen LogP contribution in [0.15, 0.2) is 47.7 Å². The van der Waals surface area contributed by atoms with Crippen LogP contribution < -0.4 is 0 Å². The number of hydrogen-bond acceptors (Lipinski definition) is 5. The zero-order chi connectivity index (χ0) is 17.5. The molecule has 5 heterocycles. The zero-order valence-corrected chi connectivity index (χ0v) is 15.8. The smallest absolute Gasteiger partial charge is 0.160 e. The van der Waals surface area contributed by atoms with Gasteiger partial charge in [-0.1, -0.05) is 24.8 Å². The third kappa shape index (κ3) is 2.85. The molecule has 2 aromatic rings. The first-order valence-corrected chi connectivity index (χ1v) is 10.4. The van der Waals surface area contributed by atoms with Crippen LogP contribution in [0.25, 0.3) is 0 Å². The summed E-state index contributed by atoms with van der Waals surface area (Å²) in [6.07, 6.45) is 6.73. The number of thioether (sulfide) groups is 1. The Bertz CT molecular complexity index is 799. The van der Waals surface area contributed by atoms with E-state index in [0.29, 0.717) is 11.4 Å². The summed E-state index contributed by atoms with van der Waals surface area (Å²) in [6, 6.07) is 10.8. The van der Waals surface area contributed by atoms with Gasteiger partial charge in [0.25, 0.3) is 0 Å². The van der Waals surface area contributed by atoms with E-state index in [2.05, 4.69) is 51.8 Å². The quantitative estimate of drug-likeness (QED) is 0.826. The predicted octanol–water partition coefficient (Wildman–Crippen LogP) is 3.65. The summed E-state index contributed by atoms with van der Waals surface area (Å²) < 4.78 is 8.26. The first-order valence-electron chi connectivity index (χ1n) is 9.48. The molecule has 0 radical (unpaired) electrons. The Morgan fingerprint density at radius 1 is 1.27 bits per heavy atom. The SMILES string of the molecule is C[C@@H]1CN2C(=N[C@H](c3ccccn3)[C@H]2c2cccn2C[C@@H]2CCCO2)S1. The van der Waals surface area contributed by atoms with Crippen LogP contribution in [0.1, 0.15) is 43.2 Å². The van der Waals surface area contributed by atoms with E-state index >= 15 is 0 Å². The van der Waals surface area contributed by atoms with Gasteiger partial charge < -0.3 is 14.2 Å². The van der Waals surface area contributed by atoms with Crippen molar-refractivity contribution in [3.8, 4) is 0 Å². The molecule has 4 atom stereocenters. The molecule has 2 fully saturated rings. The fourth-order valence-corrected chi connectivity index (χ4v) is 5.40. The number of ether oxygens (including phenoxy) is 1. The summed E-state index contributed by atoms with van der Waals surface area (Å²) in [4.78, 5) is 12.2. The van der Waals surface area contributed by atoms with Crippen molar-refractivity contribution in [1.29, 1.82) is 0 Å². The van der Waals surface area contributed by atoms with Gasteiger partial charge in [0.1, 0.15) is 6.04 Å². The molecule has 3 aliphatic rings. The molecule has 26 heavy (non-hydrogen) atoms. The van der Waals surface area contributed by atoms with E-state index in [1.165, 1.54) is 17.3 Å². The molecular formula is C20H24N4OS. The Kier molecular flexibility index (Phi) is 4.25. The summed E-state index contributed by atoms with van der Waals surface area (Å²) in [6.45, 7) is 5.15. The van der Waals surface area contributed by atoms with Crippen LogP contribution in [-0.4, -0.2) is 44.1 Å². The standard InChI is InChI=1S/C20H24N4OS/c1-14-12-24-19(17-8-4-10-23(17)13-15-6-5-11-25-15)18(22-20(24)26-14)16-7-2-3-9-21-16/h2-4,7-10,14-15,18-19H,5-6,11-13H2,1H3/t14-,15+,18-,19-/m1/s1. The van der Waals surface area contributed by atoms with Gasteiger partial charge in [0.2, 0.25) is 0 Å². The Morgan fingerprint density at radius 3 is 3.04 bits per heavy atom. The maximum Gasteiger partial charge on any atom is 0.160 e. The molecular weight excluding hydrogens is 344 g/mol. The van der Waals surface area contributed by atoms with Crippen LogP contribution in [0.4, 0.5) is 0 Å². The van der Waals surface area contributed by atoms with Crippen LogP contribution >= 0.6 is 11.8 Å². The summed E-state index contributed by atoms with van der Waals surface area (Å²) >= 11 is 1.89. The molecule has 5 nitrogen and oxygen atoms in total. The molecule has 0 aliphatic carbocycles. The minimum absolute atomic E-state index is 0.0596. The lowest BCUT2D eigenvalue weighted by Crippen LogP contribution is -2.31. The highest BCUT2D eigenvalue weighted by Crippen LogP contribution is 2.47. The molecule has 0 spiro atoms. The molecule has 0 aromatic carbocycles. The maximum absolute atomic E-state index is 5.88. The first-order chi connectivity index (χ1) is 12.8. The van der Waals surface area contributed by atoms with Gasteiger partial charge in [-0.05, 0) is 37.1 Å². The van der Waals surface area contributed by atoms with Crippen molar-refractivity contribution in [2.45, 2.75) is 49.7 Å². The third-order valence-electron chi connectivity index (χ3n) is 5.47. The third-order valence-corrected chi connectivity index (χ3v) is 6.58. The molecule has 2 saturated heterocycles. The van der Waals surface area contributed by atoms with Crippen molar-refractivity contribution in [2.75, 3.05) is 13.2 Å². The van der Waals surface area contributed by atoms with Gasteiger partial charge in [-0.15, -0.1) is 0 Å². The maximum atomic E-state index is 5.88. The molecule has 0 saturated carbocycles. The molecule has 0 unspecified atom stereocenters. The highest BCUT2D eigenvalue weighted by molar-refractivity contribution is 8.14. The van der Waals surface area contributed by atoms with Crippen LogP contribution in [0.2, 0.25) is 0 Å². The second kappa shape index (κ2) is 6.74. The molecule has 5 rings (SSSR count). The number of pyridine rings is 1. The second-order valence-corrected chi connectivity index (χ2v) is 8.76. The van der Waals surface area contributed by atoms with Gasteiger partial charge in [-0.25, -0.2) is 0 Å². The van der Waals surface area contributed by atoms with E-state index in [-0.39, 0.29) is 12.1 Å². The van der Waals surface area contributed by atoms with Crippen molar-refractivity contribution in [3.05, 3.63) is 54.1 Å². The van der Waals surface area contributed by atoms with E-state index in [0.717, 1.165) is 31.8 Å². The molecule has 6 heteroatoms. The van der Waals surface area contributed by atoms with Gasteiger partial charge in [-0.3, -0.25) is 9.98 Å². The molecule has 136 valence electrons. The molecule has 0 amide bonds. The average Bonchev–Trinajstić information content (AvgIpc) is 3.41. The Labute approximate surface area is 158 Å². The van der Waals surface area contributed by atoms with E-state index in [4.69, 9.17) is 9.73 Å². The number of hydrogen-bond donors (Lipinski definition) is 0. The van der Waals surface area contributed by atoms with Crippen molar-refractivity contribution >= 4 is 16.9 Å². The van der Waals surface area contributed by atoms with E-state index in [1.807, 2.05) is 24.0 Å². The van der Waals surface area contributed by atoms with Gasteiger partial charge >= 0.3 is 0 Å². The lowest BCUT2D eigenvalue weighted by Gasteiger charge is -2.28. The van der Waals surface area contributed by atoms with Crippen molar-refractivity contribution in [3.63, 3.8) is 0 Å². The van der Waals surface area contributed by atoms with Crippen molar-refractivity contribution in [1.82, 2.24) is 14.5 Å². The topological polar surface area (TPSA) is 42.7 Å². The van der Waals surface area contributed by atoms with Crippen molar-refractivity contribution < 1.29 is 4.74 Å².